The first kappa shape index (κ1) is 12.4. The molecule has 15 heavy (non-hydrogen) atoms. The topological polar surface area (TPSA) is 66.7 Å². The van der Waals surface area contributed by atoms with Crippen molar-refractivity contribution in [3.63, 3.8) is 0 Å². The average Bonchev–Trinajstić information content (AvgIpc) is 2.20. The van der Waals surface area contributed by atoms with Crippen molar-refractivity contribution in [2.45, 2.75) is 18.8 Å². The number of carboxylic acid groups (broad SMARTS) is 1. The Morgan fingerprint density at radius 2 is 2.47 bits per heavy atom. The molecule has 1 aliphatic heterocycles. The third kappa shape index (κ3) is 1.99. The smallest absolute Gasteiger partial charge is 0.324 e. The summed E-state index contributed by atoms with van der Waals surface area (Å²) in [5, 5.41) is 8.99. The predicted molar refractivity (Wildman–Crippen MR) is 60.5 cm³/mol. The van der Waals surface area contributed by atoms with Gasteiger partial charge in [0.15, 0.2) is 10.9 Å². The van der Waals surface area contributed by atoms with Crippen LogP contribution >= 0.6 is 27.5 Å². The van der Waals surface area contributed by atoms with Gasteiger partial charge in [-0.2, -0.15) is 0 Å². The summed E-state index contributed by atoms with van der Waals surface area (Å²) in [6.45, 7) is 1.87. The van der Waals surface area contributed by atoms with Crippen LogP contribution in [0.5, 0.6) is 0 Å². The summed E-state index contributed by atoms with van der Waals surface area (Å²) in [5.41, 5.74) is -2.20. The van der Waals surface area contributed by atoms with Crippen molar-refractivity contribution >= 4 is 45.5 Å². The Labute approximate surface area is 100 Å². The molecular formula is C9H9BrClNO3. The molecule has 1 heterocycles. The van der Waals surface area contributed by atoms with E-state index in [0.29, 0.717) is 22.9 Å². The zero-order valence-corrected chi connectivity index (χ0v) is 10.2. The number of carbonyl (C=O) groups is 2. The van der Waals surface area contributed by atoms with Crippen LogP contribution in [-0.2, 0) is 9.59 Å². The zero-order valence-electron chi connectivity index (χ0n) is 7.91. The van der Waals surface area contributed by atoms with Gasteiger partial charge in [0, 0.05) is 4.48 Å². The summed E-state index contributed by atoms with van der Waals surface area (Å²) in [6, 6.07) is 0. The highest BCUT2D eigenvalue weighted by molar-refractivity contribution is 9.12. The fourth-order valence-corrected chi connectivity index (χ4v) is 2.32. The lowest BCUT2D eigenvalue weighted by Crippen LogP contribution is -2.41. The normalized spacial score (nSPS) is 30.5. The minimum absolute atomic E-state index is 0.310. The molecule has 0 fully saturated rings. The third-order valence-corrected chi connectivity index (χ3v) is 3.35. The number of aliphatic imine (C=N–C) groups is 1. The molecule has 2 unspecified atom stereocenters. The average molecular weight is 295 g/mol. The van der Waals surface area contributed by atoms with Crippen molar-refractivity contribution in [3.8, 4) is 0 Å². The summed E-state index contributed by atoms with van der Waals surface area (Å²) >= 11 is 8.98. The third-order valence-electron chi connectivity index (χ3n) is 2.20. The molecular weight excluding hydrogens is 285 g/mol. The number of dihydropyridines is 1. The van der Waals surface area contributed by atoms with Crippen LogP contribution in [0.1, 0.15) is 13.3 Å². The number of hydrogen-bond donors (Lipinski definition) is 1. The lowest BCUT2D eigenvalue weighted by atomic mass is 9.87. The highest BCUT2D eigenvalue weighted by atomic mass is 79.9. The highest BCUT2D eigenvalue weighted by Crippen LogP contribution is 2.35. The second kappa shape index (κ2) is 4.45. The van der Waals surface area contributed by atoms with Crippen LogP contribution in [0.2, 0.25) is 0 Å². The van der Waals surface area contributed by atoms with Crippen LogP contribution in [0.4, 0.5) is 0 Å². The lowest BCUT2D eigenvalue weighted by Gasteiger charge is -2.27. The summed E-state index contributed by atoms with van der Waals surface area (Å²) in [7, 11) is 0. The molecule has 0 aromatic rings. The maximum Gasteiger partial charge on any atom is 0.324 e. The maximum atomic E-state index is 11.0. The van der Waals surface area contributed by atoms with E-state index in [9.17, 15) is 9.59 Å². The summed E-state index contributed by atoms with van der Waals surface area (Å²) in [4.78, 5) is 25.9. The lowest BCUT2D eigenvalue weighted by molar-refractivity contribution is -0.148. The quantitative estimate of drug-likeness (QED) is 0.374. The molecule has 82 valence electrons. The van der Waals surface area contributed by atoms with Crippen LogP contribution < -0.4 is 0 Å². The van der Waals surface area contributed by atoms with Gasteiger partial charge in [-0.3, -0.25) is 9.79 Å². The molecule has 0 spiro atoms. The van der Waals surface area contributed by atoms with Crippen molar-refractivity contribution in [1.82, 2.24) is 0 Å². The zero-order chi connectivity index (χ0) is 11.6. The van der Waals surface area contributed by atoms with E-state index < -0.39 is 16.9 Å². The van der Waals surface area contributed by atoms with E-state index in [1.165, 1.54) is 6.08 Å². The Kier molecular flexibility index (Phi) is 3.67. The van der Waals surface area contributed by atoms with Gasteiger partial charge in [0.25, 0.3) is 0 Å². The van der Waals surface area contributed by atoms with Crippen molar-refractivity contribution in [2.24, 2.45) is 10.4 Å². The standard InChI is InChI=1S/C9H9BrClNO3/c1-2-6-5(10)3-9(4-13,8(14)15)7(11)12-6/h3-4,7H,2H2,1H3,(H,14,15). The summed E-state index contributed by atoms with van der Waals surface area (Å²) in [6.07, 6.45) is 2.23. The first-order chi connectivity index (χ1) is 6.97. The molecule has 4 nitrogen and oxygen atoms in total. The first-order valence-corrected chi connectivity index (χ1v) is 5.50. The summed E-state index contributed by atoms with van der Waals surface area (Å²) in [5.74, 6) is -1.30. The van der Waals surface area contributed by atoms with Gasteiger partial charge in [-0.25, -0.2) is 0 Å². The number of allylic oxidation sites excluding steroid dienone is 1. The highest BCUT2D eigenvalue weighted by Gasteiger charge is 2.46. The van der Waals surface area contributed by atoms with E-state index in [4.69, 9.17) is 16.7 Å². The van der Waals surface area contributed by atoms with Gasteiger partial charge in [-0.15, -0.1) is 0 Å². The molecule has 1 N–H and O–H groups in total. The number of aldehydes is 1. The first-order valence-electron chi connectivity index (χ1n) is 4.27. The Bertz CT molecular complexity index is 366. The largest absolute Gasteiger partial charge is 0.480 e. The molecule has 0 saturated heterocycles. The van der Waals surface area contributed by atoms with Gasteiger partial charge < -0.3 is 9.90 Å². The SMILES string of the molecule is CCC1=NC(Cl)C(C=O)(C(=O)O)C=C1Br. The van der Waals surface area contributed by atoms with Crippen LogP contribution in [0.15, 0.2) is 15.6 Å². The van der Waals surface area contributed by atoms with Crippen LogP contribution in [0, 0.1) is 5.41 Å². The molecule has 1 aliphatic rings. The van der Waals surface area contributed by atoms with E-state index >= 15 is 0 Å². The van der Waals surface area contributed by atoms with Crippen molar-refractivity contribution in [1.29, 1.82) is 0 Å². The number of alkyl halides is 1. The minimum atomic E-state index is -1.76. The number of rotatable bonds is 3. The Morgan fingerprint density at radius 3 is 2.87 bits per heavy atom. The molecule has 0 amide bonds. The molecule has 0 bridgehead atoms. The molecule has 0 aromatic carbocycles. The van der Waals surface area contributed by atoms with Crippen molar-refractivity contribution in [2.75, 3.05) is 0 Å². The van der Waals surface area contributed by atoms with E-state index in [1.807, 2.05) is 6.92 Å². The molecule has 1 rings (SSSR count). The van der Waals surface area contributed by atoms with Gasteiger partial charge in [-0.05, 0) is 28.4 Å². The van der Waals surface area contributed by atoms with Gasteiger partial charge in [0.1, 0.15) is 6.29 Å². The minimum Gasteiger partial charge on any atom is -0.480 e. The molecule has 0 radical (unpaired) electrons. The van der Waals surface area contributed by atoms with E-state index in [-0.39, 0.29) is 0 Å². The number of carboxylic acids is 1. The number of hydrogen-bond acceptors (Lipinski definition) is 3. The van der Waals surface area contributed by atoms with Crippen LogP contribution in [-0.4, -0.2) is 28.6 Å². The van der Waals surface area contributed by atoms with Gasteiger partial charge in [-0.1, -0.05) is 18.5 Å². The van der Waals surface area contributed by atoms with Crippen molar-refractivity contribution in [3.05, 3.63) is 10.6 Å². The van der Waals surface area contributed by atoms with E-state index in [0.717, 1.165) is 0 Å². The summed E-state index contributed by atoms with van der Waals surface area (Å²) < 4.78 is 0.511. The van der Waals surface area contributed by atoms with E-state index in [1.54, 1.807) is 0 Å². The molecule has 6 heteroatoms. The molecule has 0 saturated carbocycles. The fraction of sp³-hybridized carbons (Fsp3) is 0.444. The van der Waals surface area contributed by atoms with Crippen LogP contribution in [0.3, 0.4) is 0 Å². The fourth-order valence-electron chi connectivity index (χ4n) is 1.23. The number of nitrogens with zero attached hydrogens (tertiary/aromatic N) is 1. The van der Waals surface area contributed by atoms with Crippen LogP contribution in [0.25, 0.3) is 0 Å². The Morgan fingerprint density at radius 1 is 1.87 bits per heavy atom. The molecule has 0 aromatic heterocycles. The second-order valence-corrected chi connectivity index (χ2v) is 4.38. The maximum absolute atomic E-state index is 11.0. The van der Waals surface area contributed by atoms with Crippen molar-refractivity contribution < 1.29 is 14.7 Å². The monoisotopic (exact) mass is 293 g/mol. The molecule has 2 atom stereocenters. The Hall–Kier alpha value is -0.680. The predicted octanol–water partition coefficient (Wildman–Crippen LogP) is 1.96. The Balaban J connectivity index is 3.23. The van der Waals surface area contributed by atoms with Gasteiger partial charge in [0.2, 0.25) is 0 Å². The number of aliphatic carboxylic acids is 1. The van der Waals surface area contributed by atoms with Gasteiger partial charge in [0.05, 0.1) is 5.71 Å². The number of carbonyl (C=O) groups excluding carboxylic acids is 1. The van der Waals surface area contributed by atoms with Gasteiger partial charge >= 0.3 is 5.97 Å². The van der Waals surface area contributed by atoms with E-state index in [2.05, 4.69) is 20.9 Å². The molecule has 0 aliphatic carbocycles. The second-order valence-electron chi connectivity index (χ2n) is 3.11. The number of halogens is 2.